The lowest BCUT2D eigenvalue weighted by molar-refractivity contribution is -0.384. The minimum atomic E-state index is -0.517. The molecular formula is C13H17N3O4. The average molecular weight is 279 g/mol. The molecule has 7 nitrogen and oxygen atoms in total. The summed E-state index contributed by atoms with van der Waals surface area (Å²) in [6.45, 7) is 2.95. The quantitative estimate of drug-likeness (QED) is 0.644. The van der Waals surface area contributed by atoms with Crippen LogP contribution in [0.4, 0.5) is 11.4 Å². The van der Waals surface area contributed by atoms with E-state index in [0.29, 0.717) is 18.9 Å². The number of carbonyl (C=O) groups is 1. The highest BCUT2D eigenvalue weighted by Gasteiger charge is 2.32. The number of carbonyl (C=O) groups excluding carboxylic acids is 1. The van der Waals surface area contributed by atoms with Crippen molar-refractivity contribution >= 4 is 17.3 Å². The van der Waals surface area contributed by atoms with Crippen LogP contribution in [0.1, 0.15) is 23.7 Å². The Kier molecular flexibility index (Phi) is 3.89. The van der Waals surface area contributed by atoms with Gasteiger partial charge >= 0.3 is 0 Å². The van der Waals surface area contributed by atoms with Gasteiger partial charge in [-0.15, -0.1) is 0 Å². The summed E-state index contributed by atoms with van der Waals surface area (Å²) in [6.07, 6.45) is 0.725. The highest BCUT2D eigenvalue weighted by Crippen LogP contribution is 2.24. The first kappa shape index (κ1) is 14.3. The second-order valence-corrected chi connectivity index (χ2v) is 5.05. The van der Waals surface area contributed by atoms with E-state index >= 15 is 0 Å². The zero-order chi connectivity index (χ0) is 14.8. The summed E-state index contributed by atoms with van der Waals surface area (Å²) in [7, 11) is 1.67. The summed E-state index contributed by atoms with van der Waals surface area (Å²) in [4.78, 5) is 22.6. The number of amides is 1. The summed E-state index contributed by atoms with van der Waals surface area (Å²) in [6, 6.07) is 4.17. The van der Waals surface area contributed by atoms with Gasteiger partial charge in [0.05, 0.1) is 22.6 Å². The third-order valence-electron chi connectivity index (χ3n) is 3.36. The molecule has 1 aliphatic heterocycles. The maximum atomic E-state index is 12.3. The molecule has 0 aromatic heterocycles. The summed E-state index contributed by atoms with van der Waals surface area (Å²) >= 11 is 0. The number of hydrogen-bond donors (Lipinski definition) is 2. The molecule has 1 atom stereocenters. The zero-order valence-electron chi connectivity index (χ0n) is 11.4. The first-order chi connectivity index (χ1) is 9.45. The highest BCUT2D eigenvalue weighted by molar-refractivity contribution is 6.00. The molecule has 0 spiro atoms. The van der Waals surface area contributed by atoms with E-state index in [1.807, 2.05) is 6.92 Å². The minimum absolute atomic E-state index is 0.109. The number of rotatable bonds is 4. The first-order valence-corrected chi connectivity index (χ1v) is 6.32. The number of benzene rings is 1. The van der Waals surface area contributed by atoms with Crippen LogP contribution < -0.4 is 10.6 Å². The number of ether oxygens (including phenoxy) is 1. The normalized spacial score (nSPS) is 21.5. The molecule has 0 bridgehead atoms. The van der Waals surface area contributed by atoms with Crippen LogP contribution in [-0.2, 0) is 4.74 Å². The number of anilines is 1. The molecule has 0 radical (unpaired) electrons. The van der Waals surface area contributed by atoms with Crippen LogP contribution in [0.2, 0.25) is 0 Å². The van der Waals surface area contributed by atoms with Crippen molar-refractivity contribution in [2.24, 2.45) is 0 Å². The second kappa shape index (κ2) is 5.46. The molecule has 20 heavy (non-hydrogen) atoms. The summed E-state index contributed by atoms with van der Waals surface area (Å²) in [5.41, 5.74) is 0.277. The Morgan fingerprint density at radius 1 is 1.50 bits per heavy atom. The van der Waals surface area contributed by atoms with Crippen molar-refractivity contribution in [3.63, 3.8) is 0 Å². The lowest BCUT2D eigenvalue weighted by Crippen LogP contribution is -2.46. The molecule has 0 aliphatic carbocycles. The lowest BCUT2D eigenvalue weighted by atomic mass is 10.0. The summed E-state index contributed by atoms with van der Waals surface area (Å²) in [5.74, 6) is -0.342. The molecule has 1 saturated heterocycles. The SMILES string of the molecule is CNc1ccc([N+](=O)[O-])cc1C(=O)NC1(C)CCOC1. The fraction of sp³-hybridized carbons (Fsp3) is 0.462. The van der Waals surface area contributed by atoms with E-state index in [0.717, 1.165) is 6.42 Å². The molecule has 0 saturated carbocycles. The largest absolute Gasteiger partial charge is 0.387 e. The second-order valence-electron chi connectivity index (χ2n) is 5.05. The van der Waals surface area contributed by atoms with Crippen molar-refractivity contribution in [2.45, 2.75) is 18.9 Å². The minimum Gasteiger partial charge on any atom is -0.387 e. The number of non-ortho nitro benzene ring substituents is 1. The van der Waals surface area contributed by atoms with Gasteiger partial charge in [0.25, 0.3) is 11.6 Å². The lowest BCUT2D eigenvalue weighted by Gasteiger charge is -2.24. The third-order valence-corrected chi connectivity index (χ3v) is 3.36. The van der Waals surface area contributed by atoms with Gasteiger partial charge < -0.3 is 15.4 Å². The van der Waals surface area contributed by atoms with Crippen LogP contribution in [-0.4, -0.2) is 36.6 Å². The van der Waals surface area contributed by atoms with E-state index in [1.54, 1.807) is 7.05 Å². The fourth-order valence-electron chi connectivity index (χ4n) is 2.16. The smallest absolute Gasteiger partial charge is 0.270 e. The molecule has 1 heterocycles. The molecular weight excluding hydrogens is 262 g/mol. The zero-order valence-corrected chi connectivity index (χ0v) is 11.4. The number of nitrogens with zero attached hydrogens (tertiary/aromatic N) is 1. The Morgan fingerprint density at radius 2 is 2.25 bits per heavy atom. The van der Waals surface area contributed by atoms with Crippen molar-refractivity contribution in [1.29, 1.82) is 0 Å². The highest BCUT2D eigenvalue weighted by atomic mass is 16.6. The third kappa shape index (κ3) is 2.88. The van der Waals surface area contributed by atoms with E-state index < -0.39 is 10.5 Å². The van der Waals surface area contributed by atoms with Gasteiger partial charge in [0.1, 0.15) is 0 Å². The van der Waals surface area contributed by atoms with Gasteiger partial charge in [-0.25, -0.2) is 0 Å². The van der Waals surface area contributed by atoms with Crippen molar-refractivity contribution < 1.29 is 14.5 Å². The predicted octanol–water partition coefficient (Wildman–Crippen LogP) is 1.55. The Bertz CT molecular complexity index is 538. The van der Waals surface area contributed by atoms with Crippen LogP contribution in [0.15, 0.2) is 18.2 Å². The Morgan fingerprint density at radius 3 is 2.80 bits per heavy atom. The Balaban J connectivity index is 2.27. The van der Waals surface area contributed by atoms with Gasteiger partial charge in [0.2, 0.25) is 0 Å². The summed E-state index contributed by atoms with van der Waals surface area (Å²) < 4.78 is 5.28. The van der Waals surface area contributed by atoms with Crippen LogP contribution in [0.3, 0.4) is 0 Å². The number of nitro groups is 1. The van der Waals surface area contributed by atoms with E-state index in [1.165, 1.54) is 18.2 Å². The van der Waals surface area contributed by atoms with Gasteiger partial charge in [-0.1, -0.05) is 0 Å². The average Bonchev–Trinajstić information content (AvgIpc) is 2.84. The number of nitro benzene ring substituents is 1. The van der Waals surface area contributed by atoms with Crippen molar-refractivity contribution in [1.82, 2.24) is 5.32 Å². The standard InChI is InChI=1S/C13H17N3O4/c1-13(5-6-20-8-13)15-12(17)10-7-9(16(18)19)3-4-11(10)14-2/h3-4,7,14H,5-6,8H2,1-2H3,(H,15,17). The van der Waals surface area contributed by atoms with Crippen LogP contribution in [0, 0.1) is 10.1 Å². The van der Waals surface area contributed by atoms with Gasteiger partial charge in [-0.05, 0) is 19.4 Å². The molecule has 1 aromatic rings. The topological polar surface area (TPSA) is 93.5 Å². The van der Waals surface area contributed by atoms with E-state index in [2.05, 4.69) is 10.6 Å². The van der Waals surface area contributed by atoms with Gasteiger partial charge in [0, 0.05) is 31.5 Å². The van der Waals surface area contributed by atoms with Crippen molar-refractivity contribution in [3.05, 3.63) is 33.9 Å². The molecule has 108 valence electrons. The van der Waals surface area contributed by atoms with Crippen molar-refractivity contribution in [2.75, 3.05) is 25.6 Å². The van der Waals surface area contributed by atoms with Gasteiger partial charge in [-0.3, -0.25) is 14.9 Å². The number of nitrogens with one attached hydrogen (secondary N) is 2. The predicted molar refractivity (Wildman–Crippen MR) is 74.0 cm³/mol. The van der Waals surface area contributed by atoms with Crippen LogP contribution in [0.25, 0.3) is 0 Å². The molecule has 1 amide bonds. The molecule has 7 heteroatoms. The van der Waals surface area contributed by atoms with Crippen LogP contribution in [0.5, 0.6) is 0 Å². The van der Waals surface area contributed by atoms with Gasteiger partial charge in [0.15, 0.2) is 0 Å². The number of hydrogen-bond acceptors (Lipinski definition) is 5. The monoisotopic (exact) mass is 279 g/mol. The molecule has 2 rings (SSSR count). The fourth-order valence-corrected chi connectivity index (χ4v) is 2.16. The molecule has 1 aromatic carbocycles. The van der Waals surface area contributed by atoms with Gasteiger partial charge in [-0.2, -0.15) is 0 Å². The molecule has 1 aliphatic rings. The van der Waals surface area contributed by atoms with Crippen molar-refractivity contribution in [3.8, 4) is 0 Å². The summed E-state index contributed by atoms with van der Waals surface area (Å²) in [5, 5.41) is 16.6. The molecule has 1 fully saturated rings. The Hall–Kier alpha value is -2.15. The van der Waals surface area contributed by atoms with E-state index in [-0.39, 0.29) is 17.2 Å². The first-order valence-electron chi connectivity index (χ1n) is 6.32. The Labute approximate surface area is 116 Å². The van der Waals surface area contributed by atoms with Crippen LogP contribution >= 0.6 is 0 Å². The van der Waals surface area contributed by atoms with E-state index in [4.69, 9.17) is 4.74 Å². The molecule has 1 unspecified atom stereocenters. The maximum Gasteiger partial charge on any atom is 0.270 e. The molecule has 2 N–H and O–H groups in total. The van der Waals surface area contributed by atoms with E-state index in [9.17, 15) is 14.9 Å². The maximum absolute atomic E-state index is 12.3.